The first-order chi connectivity index (χ1) is 14.8. The Balaban J connectivity index is 0.000000451. The molecule has 3 heterocycles. The van der Waals surface area contributed by atoms with Gasteiger partial charge < -0.3 is 15.1 Å². The fourth-order valence-electron chi connectivity index (χ4n) is 3.09. The first kappa shape index (κ1) is 25.4. The van der Waals surface area contributed by atoms with Crippen molar-refractivity contribution in [2.24, 2.45) is 5.92 Å². The Kier molecular flexibility index (Phi) is 8.04. The summed E-state index contributed by atoms with van der Waals surface area (Å²) in [7, 11) is 0. The summed E-state index contributed by atoms with van der Waals surface area (Å²) in [6.07, 6.45) is -6.06. The zero-order valence-corrected chi connectivity index (χ0v) is 16.9. The minimum Gasteiger partial charge on any atom is -0.475 e. The number of hydrogen-bond donors (Lipinski definition) is 2. The number of carboxylic acid groups (broad SMARTS) is 1. The first-order valence-corrected chi connectivity index (χ1v) is 9.40. The van der Waals surface area contributed by atoms with E-state index < -0.39 is 23.9 Å². The maximum Gasteiger partial charge on any atom is 0.490 e. The predicted molar refractivity (Wildman–Crippen MR) is 98.5 cm³/mol. The lowest BCUT2D eigenvalue weighted by Gasteiger charge is -2.33. The molecule has 14 heteroatoms. The standard InChI is InChI=1S/C16H20F3N5O.C2HF3O2/c1-11-6-13(16(17,18)19)7-15(20-11)23-4-2-12(3-5-23)8-24-9-14(10-25)21-22-24;3-2(4,5)1(6)7/h6-7,9,12,25H,2-5,8,10H2,1H3;(H,6,7). The Morgan fingerprint density at radius 3 is 2.22 bits per heavy atom. The SMILES string of the molecule is Cc1cc(C(F)(F)F)cc(N2CCC(Cn3cc(CO)nn3)CC2)n1.O=C(O)C(F)(F)F. The Morgan fingerprint density at radius 2 is 1.75 bits per heavy atom. The van der Waals surface area contributed by atoms with E-state index in [1.165, 1.54) is 0 Å². The number of aromatic nitrogens is 4. The smallest absolute Gasteiger partial charge is 0.475 e. The third-order valence-electron chi connectivity index (χ3n) is 4.64. The number of piperidine rings is 1. The van der Waals surface area contributed by atoms with Gasteiger partial charge in [0.05, 0.1) is 18.4 Å². The monoisotopic (exact) mass is 469 g/mol. The van der Waals surface area contributed by atoms with Crippen LogP contribution in [0.15, 0.2) is 18.3 Å². The number of nitrogens with zero attached hydrogens (tertiary/aromatic N) is 5. The first-order valence-electron chi connectivity index (χ1n) is 9.40. The molecule has 0 aromatic carbocycles. The van der Waals surface area contributed by atoms with E-state index in [-0.39, 0.29) is 6.61 Å². The largest absolute Gasteiger partial charge is 0.490 e. The average molecular weight is 469 g/mol. The van der Waals surface area contributed by atoms with Crippen molar-refractivity contribution in [2.75, 3.05) is 18.0 Å². The van der Waals surface area contributed by atoms with E-state index in [1.807, 2.05) is 4.90 Å². The molecular formula is C18H21F6N5O3. The molecule has 1 saturated heterocycles. The third kappa shape index (κ3) is 7.35. The Morgan fingerprint density at radius 1 is 1.16 bits per heavy atom. The molecular weight excluding hydrogens is 448 g/mol. The zero-order valence-electron chi connectivity index (χ0n) is 16.9. The van der Waals surface area contributed by atoms with Gasteiger partial charge in [-0.15, -0.1) is 5.10 Å². The van der Waals surface area contributed by atoms with Crippen molar-refractivity contribution in [3.05, 3.63) is 35.3 Å². The van der Waals surface area contributed by atoms with Gasteiger partial charge in [0, 0.05) is 25.3 Å². The zero-order chi connectivity index (χ0) is 24.1. The molecule has 8 nitrogen and oxygen atoms in total. The summed E-state index contributed by atoms with van der Waals surface area (Å²) < 4.78 is 72.4. The van der Waals surface area contributed by atoms with Gasteiger partial charge >= 0.3 is 18.3 Å². The van der Waals surface area contributed by atoms with Gasteiger partial charge in [0.25, 0.3) is 0 Å². The Bertz CT molecular complexity index is 907. The van der Waals surface area contributed by atoms with Crippen LogP contribution in [-0.4, -0.2) is 55.4 Å². The fraction of sp³-hybridized carbons (Fsp3) is 0.556. The van der Waals surface area contributed by atoms with Crippen molar-refractivity contribution in [3.63, 3.8) is 0 Å². The molecule has 2 aromatic rings. The van der Waals surface area contributed by atoms with Gasteiger partial charge in [0.2, 0.25) is 0 Å². The molecule has 2 N–H and O–H groups in total. The number of anilines is 1. The van der Waals surface area contributed by atoms with E-state index in [4.69, 9.17) is 15.0 Å². The molecule has 0 atom stereocenters. The summed E-state index contributed by atoms with van der Waals surface area (Å²) >= 11 is 0. The number of pyridine rings is 1. The van der Waals surface area contributed by atoms with E-state index in [0.29, 0.717) is 42.8 Å². The molecule has 3 rings (SSSR count). The van der Waals surface area contributed by atoms with E-state index in [1.54, 1.807) is 17.8 Å². The number of aliphatic hydroxyl groups excluding tert-OH is 1. The molecule has 178 valence electrons. The van der Waals surface area contributed by atoms with Crippen molar-refractivity contribution in [1.82, 2.24) is 20.0 Å². The molecule has 0 radical (unpaired) electrons. The number of hydrogen-bond acceptors (Lipinski definition) is 6. The second-order valence-electron chi connectivity index (χ2n) is 7.18. The Hall–Kier alpha value is -2.90. The second kappa shape index (κ2) is 10.1. The molecule has 1 fully saturated rings. The number of aliphatic carboxylic acids is 1. The molecule has 0 bridgehead atoms. The van der Waals surface area contributed by atoms with E-state index in [9.17, 15) is 26.3 Å². The van der Waals surface area contributed by atoms with Crippen LogP contribution in [0, 0.1) is 12.8 Å². The topological polar surface area (TPSA) is 104 Å². The van der Waals surface area contributed by atoms with Crippen molar-refractivity contribution < 1.29 is 41.4 Å². The summed E-state index contributed by atoms with van der Waals surface area (Å²) in [5.41, 5.74) is 0.239. The summed E-state index contributed by atoms with van der Waals surface area (Å²) in [5, 5.41) is 23.9. The van der Waals surface area contributed by atoms with Crippen LogP contribution in [0.1, 0.15) is 29.8 Å². The number of carbonyl (C=O) groups is 1. The summed E-state index contributed by atoms with van der Waals surface area (Å²) in [5.74, 6) is -2.00. The molecule has 0 aliphatic carbocycles. The lowest BCUT2D eigenvalue weighted by molar-refractivity contribution is -0.192. The lowest BCUT2D eigenvalue weighted by atomic mass is 9.96. The van der Waals surface area contributed by atoms with Gasteiger partial charge in [-0.05, 0) is 37.8 Å². The molecule has 0 amide bonds. The number of alkyl halides is 6. The fourth-order valence-corrected chi connectivity index (χ4v) is 3.09. The van der Waals surface area contributed by atoms with Crippen LogP contribution in [0.25, 0.3) is 0 Å². The number of carboxylic acids is 1. The molecule has 1 aliphatic rings. The normalized spacial score (nSPS) is 15.3. The number of halogens is 6. The van der Waals surface area contributed by atoms with Gasteiger partial charge in [-0.3, -0.25) is 4.68 Å². The summed E-state index contributed by atoms with van der Waals surface area (Å²) in [6, 6.07) is 2.19. The van der Waals surface area contributed by atoms with Crippen molar-refractivity contribution in [1.29, 1.82) is 0 Å². The molecule has 2 aromatic heterocycles. The second-order valence-corrected chi connectivity index (χ2v) is 7.18. The molecule has 0 saturated carbocycles. The quantitative estimate of drug-likeness (QED) is 0.664. The lowest BCUT2D eigenvalue weighted by Crippen LogP contribution is -2.35. The molecule has 0 unspecified atom stereocenters. The van der Waals surface area contributed by atoms with Crippen LogP contribution in [0.4, 0.5) is 32.2 Å². The number of rotatable bonds is 4. The molecule has 32 heavy (non-hydrogen) atoms. The highest BCUT2D eigenvalue weighted by molar-refractivity contribution is 5.73. The highest BCUT2D eigenvalue weighted by Gasteiger charge is 2.38. The number of aryl methyl sites for hydroxylation is 1. The minimum absolute atomic E-state index is 0.140. The van der Waals surface area contributed by atoms with Gasteiger partial charge in [-0.1, -0.05) is 5.21 Å². The van der Waals surface area contributed by atoms with E-state index >= 15 is 0 Å². The number of aliphatic hydroxyl groups is 1. The van der Waals surface area contributed by atoms with E-state index in [0.717, 1.165) is 25.0 Å². The highest BCUT2D eigenvalue weighted by atomic mass is 19.4. The van der Waals surface area contributed by atoms with Crippen LogP contribution >= 0.6 is 0 Å². The summed E-state index contributed by atoms with van der Waals surface area (Å²) in [6.45, 7) is 3.43. The van der Waals surface area contributed by atoms with Crippen molar-refractivity contribution in [2.45, 2.75) is 45.3 Å². The van der Waals surface area contributed by atoms with Crippen LogP contribution in [0.2, 0.25) is 0 Å². The van der Waals surface area contributed by atoms with Gasteiger partial charge in [-0.25, -0.2) is 9.78 Å². The molecule has 0 spiro atoms. The van der Waals surface area contributed by atoms with Crippen LogP contribution in [-0.2, 0) is 24.1 Å². The maximum atomic E-state index is 13.0. The maximum absolute atomic E-state index is 13.0. The van der Waals surface area contributed by atoms with Gasteiger partial charge in [0.15, 0.2) is 0 Å². The van der Waals surface area contributed by atoms with E-state index in [2.05, 4.69) is 15.3 Å². The van der Waals surface area contributed by atoms with Crippen LogP contribution < -0.4 is 4.90 Å². The third-order valence-corrected chi connectivity index (χ3v) is 4.64. The van der Waals surface area contributed by atoms with Gasteiger partial charge in [-0.2, -0.15) is 26.3 Å². The average Bonchev–Trinajstić information content (AvgIpc) is 3.15. The highest BCUT2D eigenvalue weighted by Crippen LogP contribution is 2.32. The van der Waals surface area contributed by atoms with Gasteiger partial charge in [0.1, 0.15) is 11.5 Å². The van der Waals surface area contributed by atoms with Crippen LogP contribution in [0.5, 0.6) is 0 Å². The Labute approximate surface area is 178 Å². The summed E-state index contributed by atoms with van der Waals surface area (Å²) in [4.78, 5) is 15.1. The minimum atomic E-state index is -5.08. The molecule has 1 aliphatic heterocycles. The van der Waals surface area contributed by atoms with Crippen LogP contribution in [0.3, 0.4) is 0 Å². The predicted octanol–water partition coefficient (Wildman–Crippen LogP) is 3.04. The van der Waals surface area contributed by atoms with Crippen molar-refractivity contribution >= 4 is 11.8 Å². The van der Waals surface area contributed by atoms with Crippen molar-refractivity contribution in [3.8, 4) is 0 Å².